The van der Waals surface area contributed by atoms with Gasteiger partial charge in [0.05, 0.1) is 21.0 Å². The third-order valence-electron chi connectivity index (χ3n) is 4.11. The van der Waals surface area contributed by atoms with Crippen molar-refractivity contribution in [2.24, 2.45) is 0 Å². The second-order valence-electron chi connectivity index (χ2n) is 6.30. The van der Waals surface area contributed by atoms with Crippen LogP contribution in [0.25, 0.3) is 0 Å². The fourth-order valence-electron chi connectivity index (χ4n) is 2.57. The molecule has 0 bridgehead atoms. The Kier molecular flexibility index (Phi) is 4.49. The van der Waals surface area contributed by atoms with E-state index in [-0.39, 0.29) is 12.6 Å². The molecule has 0 saturated heterocycles. The molecule has 0 amide bonds. The highest BCUT2D eigenvalue weighted by molar-refractivity contribution is 7.11. The maximum Gasteiger partial charge on any atom is 0.316 e. The number of carbonyl (C=O) groups is 1. The first-order valence-electron chi connectivity index (χ1n) is 7.88. The van der Waals surface area contributed by atoms with E-state index in [2.05, 4.69) is 4.98 Å². The highest BCUT2D eigenvalue weighted by Crippen LogP contribution is 2.35. The number of esters is 1. The third-order valence-corrected chi connectivity index (χ3v) is 5.15. The summed E-state index contributed by atoms with van der Waals surface area (Å²) in [6.07, 6.45) is 0. The number of aryl methyl sites for hydroxylation is 2. The molecule has 5 nitrogen and oxygen atoms in total. The molecule has 0 fully saturated rings. The number of thiazole rings is 1. The molecule has 3 rings (SSSR count). The largest absolute Gasteiger partial charge is 0.486 e. The molecule has 2 aromatic rings. The van der Waals surface area contributed by atoms with Crippen molar-refractivity contribution < 1.29 is 19.0 Å². The zero-order chi connectivity index (χ0) is 17.3. The van der Waals surface area contributed by atoms with Gasteiger partial charge >= 0.3 is 5.97 Å². The summed E-state index contributed by atoms with van der Waals surface area (Å²) in [6.45, 7) is 8.90. The van der Waals surface area contributed by atoms with Crippen LogP contribution < -0.4 is 9.47 Å². The van der Waals surface area contributed by atoms with Crippen LogP contribution in [0.4, 0.5) is 0 Å². The van der Waals surface area contributed by atoms with E-state index in [4.69, 9.17) is 14.2 Å². The van der Waals surface area contributed by atoms with Gasteiger partial charge in [0.1, 0.15) is 19.8 Å². The van der Waals surface area contributed by atoms with Crippen molar-refractivity contribution in [1.82, 2.24) is 4.98 Å². The first-order valence-corrected chi connectivity index (χ1v) is 8.70. The Hall–Kier alpha value is -2.08. The molecule has 6 heteroatoms. The lowest BCUT2D eigenvalue weighted by molar-refractivity contribution is -0.150. The molecule has 0 radical (unpaired) electrons. The minimum absolute atomic E-state index is 0.254. The predicted molar refractivity (Wildman–Crippen MR) is 91.8 cm³/mol. The van der Waals surface area contributed by atoms with Crippen molar-refractivity contribution in [2.45, 2.75) is 39.7 Å². The van der Waals surface area contributed by atoms with Crippen molar-refractivity contribution in [3.05, 3.63) is 39.3 Å². The maximum atomic E-state index is 12.6. The molecule has 1 aliphatic heterocycles. The molecule has 0 aliphatic carbocycles. The molecule has 0 atom stereocenters. The molecule has 1 aliphatic rings. The lowest BCUT2D eigenvalue weighted by Gasteiger charge is -2.25. The van der Waals surface area contributed by atoms with E-state index in [9.17, 15) is 4.79 Å². The average Bonchev–Trinajstić information content (AvgIpc) is 2.89. The number of fused-ring (bicyclic) bond motifs is 1. The summed E-state index contributed by atoms with van der Waals surface area (Å²) in [5.74, 6) is 1.11. The van der Waals surface area contributed by atoms with Gasteiger partial charge in [0.15, 0.2) is 11.5 Å². The molecule has 0 spiro atoms. The van der Waals surface area contributed by atoms with E-state index >= 15 is 0 Å². The van der Waals surface area contributed by atoms with Gasteiger partial charge in [-0.3, -0.25) is 4.79 Å². The summed E-state index contributed by atoms with van der Waals surface area (Å²) in [6, 6.07) is 5.59. The van der Waals surface area contributed by atoms with Crippen LogP contribution in [-0.4, -0.2) is 24.2 Å². The van der Waals surface area contributed by atoms with E-state index in [0.29, 0.717) is 24.7 Å². The van der Waals surface area contributed by atoms with Crippen LogP contribution in [0, 0.1) is 13.8 Å². The standard InChI is InChI=1S/C18H21NO4S/c1-11-16(24-12(2)19-11)10-23-17(20)18(3,4)13-5-6-14-15(9-13)22-8-7-21-14/h5-6,9H,7-8,10H2,1-4H3. The number of hydrogen-bond acceptors (Lipinski definition) is 6. The van der Waals surface area contributed by atoms with Gasteiger partial charge in [0.25, 0.3) is 0 Å². The topological polar surface area (TPSA) is 57.7 Å². The molecule has 1 aromatic heterocycles. The highest BCUT2D eigenvalue weighted by Gasteiger charge is 2.33. The molecular formula is C18H21NO4S. The molecule has 0 N–H and O–H groups in total. The van der Waals surface area contributed by atoms with E-state index in [1.165, 1.54) is 0 Å². The average molecular weight is 347 g/mol. The zero-order valence-electron chi connectivity index (χ0n) is 14.3. The number of rotatable bonds is 4. The number of benzene rings is 1. The second-order valence-corrected chi connectivity index (χ2v) is 7.59. The number of aromatic nitrogens is 1. The number of ether oxygens (including phenoxy) is 3. The fraction of sp³-hybridized carbons (Fsp3) is 0.444. The summed E-state index contributed by atoms with van der Waals surface area (Å²) < 4.78 is 16.7. The van der Waals surface area contributed by atoms with Crippen LogP contribution in [0.5, 0.6) is 11.5 Å². The van der Waals surface area contributed by atoms with Gasteiger partial charge in [-0.15, -0.1) is 11.3 Å². The lowest BCUT2D eigenvalue weighted by Crippen LogP contribution is -2.31. The van der Waals surface area contributed by atoms with E-state index in [0.717, 1.165) is 21.1 Å². The fourth-order valence-corrected chi connectivity index (χ4v) is 3.42. The molecule has 0 unspecified atom stereocenters. The second kappa shape index (κ2) is 6.43. The molecular weight excluding hydrogens is 326 g/mol. The molecule has 1 aromatic carbocycles. The van der Waals surface area contributed by atoms with Gasteiger partial charge in [0, 0.05) is 0 Å². The van der Waals surface area contributed by atoms with E-state index in [1.807, 2.05) is 45.9 Å². The maximum absolute atomic E-state index is 12.6. The van der Waals surface area contributed by atoms with Crippen molar-refractivity contribution in [1.29, 1.82) is 0 Å². The van der Waals surface area contributed by atoms with Crippen LogP contribution in [0.2, 0.25) is 0 Å². The molecule has 128 valence electrons. The Morgan fingerprint density at radius 2 is 1.96 bits per heavy atom. The van der Waals surface area contributed by atoms with Crippen LogP contribution >= 0.6 is 11.3 Å². The van der Waals surface area contributed by atoms with Gasteiger partial charge in [-0.1, -0.05) is 6.07 Å². The zero-order valence-corrected chi connectivity index (χ0v) is 15.2. The smallest absolute Gasteiger partial charge is 0.316 e. The Morgan fingerprint density at radius 3 is 2.62 bits per heavy atom. The van der Waals surface area contributed by atoms with Gasteiger partial charge < -0.3 is 14.2 Å². The summed E-state index contributed by atoms with van der Waals surface area (Å²) in [7, 11) is 0. The minimum atomic E-state index is -0.774. The Labute approximate surface area is 145 Å². The lowest BCUT2D eigenvalue weighted by atomic mass is 9.84. The van der Waals surface area contributed by atoms with Crippen molar-refractivity contribution >= 4 is 17.3 Å². The van der Waals surface area contributed by atoms with Crippen LogP contribution in [0.1, 0.15) is 35.0 Å². The third kappa shape index (κ3) is 3.24. The van der Waals surface area contributed by atoms with Crippen LogP contribution in [-0.2, 0) is 21.6 Å². The SMILES string of the molecule is Cc1nc(C)c(COC(=O)C(C)(C)c2ccc3c(c2)OCCO3)s1. The van der Waals surface area contributed by atoms with E-state index < -0.39 is 5.41 Å². The van der Waals surface area contributed by atoms with Crippen molar-refractivity contribution in [2.75, 3.05) is 13.2 Å². The Bertz CT molecular complexity index is 766. The minimum Gasteiger partial charge on any atom is -0.486 e. The number of nitrogens with zero attached hydrogens (tertiary/aromatic N) is 1. The normalized spacial score (nSPS) is 13.7. The predicted octanol–water partition coefficient (Wildman–Crippen LogP) is 3.55. The quantitative estimate of drug-likeness (QED) is 0.792. The van der Waals surface area contributed by atoms with Crippen LogP contribution in [0.15, 0.2) is 18.2 Å². The molecule has 0 saturated carbocycles. The number of carbonyl (C=O) groups excluding carboxylic acids is 1. The summed E-state index contributed by atoms with van der Waals surface area (Å²) in [4.78, 5) is 18.0. The van der Waals surface area contributed by atoms with Crippen molar-refractivity contribution in [3.8, 4) is 11.5 Å². The summed E-state index contributed by atoms with van der Waals surface area (Å²) in [5.41, 5.74) is 0.986. The first kappa shape index (κ1) is 16.8. The first-order chi connectivity index (χ1) is 11.4. The van der Waals surface area contributed by atoms with Crippen molar-refractivity contribution in [3.63, 3.8) is 0 Å². The van der Waals surface area contributed by atoms with Gasteiger partial charge in [-0.25, -0.2) is 4.98 Å². The summed E-state index contributed by atoms with van der Waals surface area (Å²) in [5, 5.41) is 0.977. The Morgan fingerprint density at radius 1 is 1.25 bits per heavy atom. The van der Waals surface area contributed by atoms with Gasteiger partial charge in [0.2, 0.25) is 0 Å². The summed E-state index contributed by atoms with van der Waals surface area (Å²) >= 11 is 1.56. The molecule has 2 heterocycles. The number of hydrogen-bond donors (Lipinski definition) is 0. The Balaban J connectivity index is 1.74. The van der Waals surface area contributed by atoms with Gasteiger partial charge in [-0.05, 0) is 45.4 Å². The highest BCUT2D eigenvalue weighted by atomic mass is 32.1. The van der Waals surface area contributed by atoms with Gasteiger partial charge in [-0.2, -0.15) is 0 Å². The van der Waals surface area contributed by atoms with Crippen LogP contribution in [0.3, 0.4) is 0 Å². The monoisotopic (exact) mass is 347 g/mol. The van der Waals surface area contributed by atoms with E-state index in [1.54, 1.807) is 11.3 Å². The molecule has 24 heavy (non-hydrogen) atoms.